The molecule has 0 aliphatic carbocycles. The average molecular weight is 294 g/mol. The van der Waals surface area contributed by atoms with Crippen LogP contribution in [0.3, 0.4) is 0 Å². The molecule has 2 rings (SSSR count). The van der Waals surface area contributed by atoms with Crippen LogP contribution < -0.4 is 5.32 Å². The number of rotatable bonds is 2. The number of likely N-dealkylation sites (N-methyl/N-ethyl adjacent to an activating group) is 1. The van der Waals surface area contributed by atoms with Gasteiger partial charge in [-0.1, -0.05) is 0 Å². The zero-order valence-corrected chi connectivity index (χ0v) is 10.4. The molecule has 0 aromatic heterocycles. The summed E-state index contributed by atoms with van der Waals surface area (Å²) in [6.07, 6.45) is 0.539. The summed E-state index contributed by atoms with van der Waals surface area (Å²) in [5.41, 5.74) is -1.40. The van der Waals surface area contributed by atoms with E-state index in [2.05, 4.69) is 5.32 Å². The third-order valence-corrected chi connectivity index (χ3v) is 3.31. The van der Waals surface area contributed by atoms with Gasteiger partial charge in [-0.25, -0.2) is 22.0 Å². The van der Waals surface area contributed by atoms with Gasteiger partial charge in [0.15, 0.2) is 23.3 Å². The molecule has 8 heteroatoms. The molecule has 110 valence electrons. The van der Waals surface area contributed by atoms with Gasteiger partial charge in [0, 0.05) is 19.1 Å². The van der Waals surface area contributed by atoms with E-state index in [9.17, 15) is 26.7 Å². The lowest BCUT2D eigenvalue weighted by molar-refractivity contribution is 0.0776. The molecule has 20 heavy (non-hydrogen) atoms. The first-order valence-corrected chi connectivity index (χ1v) is 5.86. The van der Waals surface area contributed by atoms with Gasteiger partial charge < -0.3 is 10.2 Å². The summed E-state index contributed by atoms with van der Waals surface area (Å²) in [4.78, 5) is 13.0. The maximum Gasteiger partial charge on any atom is 0.260 e. The number of carbonyl (C=O) groups excluding carboxylic acids is 1. The molecule has 3 nitrogen and oxygen atoms in total. The first kappa shape index (κ1) is 14.7. The summed E-state index contributed by atoms with van der Waals surface area (Å²) < 4.78 is 66.0. The predicted octanol–water partition coefficient (Wildman–Crippen LogP) is 1.82. The number of nitrogens with zero attached hydrogens (tertiary/aromatic N) is 1. The van der Waals surface area contributed by atoms with Crippen LogP contribution >= 0.6 is 0 Å². The normalized spacial score (nSPS) is 18.7. The molecule has 1 amide bonds. The number of carbonyl (C=O) groups is 1. The van der Waals surface area contributed by atoms with Crippen LogP contribution in [-0.2, 0) is 0 Å². The molecule has 1 fully saturated rings. The Morgan fingerprint density at radius 2 is 1.55 bits per heavy atom. The lowest BCUT2D eigenvalue weighted by Gasteiger charge is -2.17. The van der Waals surface area contributed by atoms with Crippen LogP contribution in [-0.4, -0.2) is 37.0 Å². The quantitative estimate of drug-likeness (QED) is 0.512. The Balaban J connectivity index is 2.41. The Labute approximate surface area is 111 Å². The van der Waals surface area contributed by atoms with Crippen molar-refractivity contribution in [1.82, 2.24) is 10.2 Å². The van der Waals surface area contributed by atoms with Crippen LogP contribution in [0.25, 0.3) is 0 Å². The van der Waals surface area contributed by atoms with Crippen LogP contribution in [0, 0.1) is 29.1 Å². The van der Waals surface area contributed by atoms with Crippen molar-refractivity contribution in [1.29, 1.82) is 0 Å². The van der Waals surface area contributed by atoms with Gasteiger partial charge in [-0.05, 0) is 13.5 Å². The lowest BCUT2D eigenvalue weighted by atomic mass is 10.1. The van der Waals surface area contributed by atoms with Crippen LogP contribution in [0.2, 0.25) is 0 Å². The SMILES string of the molecule is CNC1CCN(C(=O)c2c(F)c(F)c(F)c(F)c2F)C1. The van der Waals surface area contributed by atoms with Crippen molar-refractivity contribution < 1.29 is 26.7 Å². The molecule has 0 bridgehead atoms. The van der Waals surface area contributed by atoms with Crippen molar-refractivity contribution in [2.75, 3.05) is 20.1 Å². The molecule has 1 atom stereocenters. The fraction of sp³-hybridized carbons (Fsp3) is 0.417. The van der Waals surface area contributed by atoms with E-state index in [1.165, 1.54) is 0 Å². The first-order valence-electron chi connectivity index (χ1n) is 5.86. The summed E-state index contributed by atoms with van der Waals surface area (Å²) in [7, 11) is 1.65. The third kappa shape index (κ3) is 2.24. The van der Waals surface area contributed by atoms with Crippen LogP contribution in [0.5, 0.6) is 0 Å². The minimum atomic E-state index is -2.27. The topological polar surface area (TPSA) is 32.3 Å². The minimum Gasteiger partial charge on any atom is -0.337 e. The Kier molecular flexibility index (Phi) is 3.94. The van der Waals surface area contributed by atoms with E-state index in [0.29, 0.717) is 6.42 Å². The second-order valence-electron chi connectivity index (χ2n) is 4.47. The van der Waals surface area contributed by atoms with E-state index >= 15 is 0 Å². The minimum absolute atomic E-state index is 0.0692. The predicted molar refractivity (Wildman–Crippen MR) is 59.6 cm³/mol. The van der Waals surface area contributed by atoms with Crippen molar-refractivity contribution in [3.05, 3.63) is 34.6 Å². The van der Waals surface area contributed by atoms with Crippen molar-refractivity contribution >= 4 is 5.91 Å². The molecule has 1 aromatic carbocycles. The van der Waals surface area contributed by atoms with E-state index in [1.807, 2.05) is 0 Å². The van der Waals surface area contributed by atoms with Gasteiger partial charge in [-0.3, -0.25) is 4.79 Å². The van der Waals surface area contributed by atoms with Gasteiger partial charge in [0.1, 0.15) is 5.56 Å². The first-order chi connectivity index (χ1) is 9.38. The van der Waals surface area contributed by atoms with Crippen molar-refractivity contribution in [2.24, 2.45) is 0 Å². The Morgan fingerprint density at radius 3 is 2.00 bits per heavy atom. The number of hydrogen-bond donors (Lipinski definition) is 1. The maximum atomic E-state index is 13.5. The molecular formula is C12H11F5N2O. The summed E-state index contributed by atoms with van der Waals surface area (Å²) in [5.74, 6) is -11.9. The molecular weight excluding hydrogens is 283 g/mol. The fourth-order valence-corrected chi connectivity index (χ4v) is 2.13. The Hall–Kier alpha value is -1.70. The highest BCUT2D eigenvalue weighted by atomic mass is 19.2. The highest BCUT2D eigenvalue weighted by Gasteiger charge is 2.34. The van der Waals surface area contributed by atoms with Gasteiger partial charge in [-0.2, -0.15) is 0 Å². The largest absolute Gasteiger partial charge is 0.337 e. The molecule has 1 saturated heterocycles. The second kappa shape index (κ2) is 5.35. The zero-order chi connectivity index (χ0) is 15.0. The van der Waals surface area contributed by atoms with E-state index in [1.54, 1.807) is 7.05 Å². The van der Waals surface area contributed by atoms with Crippen LogP contribution in [0.4, 0.5) is 22.0 Å². The van der Waals surface area contributed by atoms with E-state index in [-0.39, 0.29) is 19.1 Å². The molecule has 1 unspecified atom stereocenters. The average Bonchev–Trinajstić information content (AvgIpc) is 2.92. The molecule has 1 aromatic rings. The van der Waals surface area contributed by atoms with Gasteiger partial charge >= 0.3 is 0 Å². The molecule has 1 aliphatic heterocycles. The Bertz CT molecular complexity index is 534. The smallest absolute Gasteiger partial charge is 0.260 e. The van der Waals surface area contributed by atoms with E-state index in [4.69, 9.17) is 0 Å². The van der Waals surface area contributed by atoms with E-state index in [0.717, 1.165) is 4.90 Å². The highest BCUT2D eigenvalue weighted by Crippen LogP contribution is 2.25. The lowest BCUT2D eigenvalue weighted by Crippen LogP contribution is -2.34. The molecule has 1 N–H and O–H groups in total. The third-order valence-electron chi connectivity index (χ3n) is 3.31. The van der Waals surface area contributed by atoms with Crippen LogP contribution in [0.15, 0.2) is 0 Å². The summed E-state index contributed by atoms with van der Waals surface area (Å²) in [6, 6.07) is -0.0692. The summed E-state index contributed by atoms with van der Waals surface area (Å²) in [5, 5.41) is 2.87. The molecule has 0 spiro atoms. The number of likely N-dealkylation sites (tertiary alicyclic amines) is 1. The van der Waals surface area contributed by atoms with Crippen molar-refractivity contribution in [3.63, 3.8) is 0 Å². The monoisotopic (exact) mass is 294 g/mol. The van der Waals surface area contributed by atoms with Gasteiger partial charge in [0.05, 0.1) is 0 Å². The number of benzene rings is 1. The van der Waals surface area contributed by atoms with E-state index < -0.39 is 40.6 Å². The molecule has 0 radical (unpaired) electrons. The zero-order valence-electron chi connectivity index (χ0n) is 10.4. The standard InChI is InChI=1S/C12H11F5N2O/c1-18-5-2-3-19(4-5)12(20)6-7(13)9(15)11(17)10(16)8(6)14/h5,18H,2-4H2,1H3. The van der Waals surface area contributed by atoms with Gasteiger partial charge in [0.2, 0.25) is 5.82 Å². The fourth-order valence-electron chi connectivity index (χ4n) is 2.13. The maximum absolute atomic E-state index is 13.5. The summed E-state index contributed by atoms with van der Waals surface area (Å²) in [6.45, 7) is 0.332. The molecule has 1 heterocycles. The number of hydrogen-bond acceptors (Lipinski definition) is 2. The number of nitrogens with one attached hydrogen (secondary N) is 1. The van der Waals surface area contributed by atoms with Gasteiger partial charge in [-0.15, -0.1) is 0 Å². The van der Waals surface area contributed by atoms with Gasteiger partial charge in [0.25, 0.3) is 5.91 Å². The second-order valence-corrected chi connectivity index (χ2v) is 4.47. The van der Waals surface area contributed by atoms with Crippen LogP contribution in [0.1, 0.15) is 16.8 Å². The number of halogens is 5. The Morgan fingerprint density at radius 1 is 1.05 bits per heavy atom. The molecule has 1 aliphatic rings. The highest BCUT2D eigenvalue weighted by molar-refractivity contribution is 5.95. The van der Waals surface area contributed by atoms with Crippen molar-refractivity contribution in [3.8, 4) is 0 Å². The molecule has 0 saturated carbocycles. The van der Waals surface area contributed by atoms with Crippen molar-refractivity contribution in [2.45, 2.75) is 12.5 Å². The number of amides is 1. The summed E-state index contributed by atoms with van der Waals surface area (Å²) >= 11 is 0.